The average molecular weight is 487 g/mol. The van der Waals surface area contributed by atoms with Crippen molar-refractivity contribution in [3.05, 3.63) is 64.1 Å². The SMILES string of the molecule is NC(=O)C1CCCN(Cc2ccccc2NC(=O)CCNC(=O)c2ccc(Br)cc2)C1. The van der Waals surface area contributed by atoms with Crippen LogP contribution >= 0.6 is 15.9 Å². The monoisotopic (exact) mass is 486 g/mol. The third-order valence-corrected chi connectivity index (χ3v) is 5.87. The van der Waals surface area contributed by atoms with Gasteiger partial charge in [-0.1, -0.05) is 34.1 Å². The van der Waals surface area contributed by atoms with E-state index < -0.39 is 0 Å². The molecule has 2 aromatic carbocycles. The highest BCUT2D eigenvalue weighted by Gasteiger charge is 2.24. The minimum Gasteiger partial charge on any atom is -0.369 e. The van der Waals surface area contributed by atoms with Crippen molar-refractivity contribution in [2.24, 2.45) is 11.7 Å². The number of hydrogen-bond donors (Lipinski definition) is 3. The minimum absolute atomic E-state index is 0.121. The first-order valence-corrected chi connectivity index (χ1v) is 11.1. The average Bonchev–Trinajstić information content (AvgIpc) is 2.75. The predicted molar refractivity (Wildman–Crippen MR) is 123 cm³/mol. The molecule has 1 unspecified atom stereocenters. The molecule has 0 aliphatic carbocycles. The molecule has 1 saturated heterocycles. The van der Waals surface area contributed by atoms with Gasteiger partial charge in [-0.2, -0.15) is 0 Å². The number of carbonyl (C=O) groups excluding carboxylic acids is 3. The Morgan fingerprint density at radius 1 is 1.10 bits per heavy atom. The fraction of sp³-hybridized carbons (Fsp3) is 0.348. The molecule has 3 rings (SSSR count). The van der Waals surface area contributed by atoms with Gasteiger partial charge in [0.05, 0.1) is 5.92 Å². The van der Waals surface area contributed by atoms with Crippen LogP contribution in [0.1, 0.15) is 35.2 Å². The van der Waals surface area contributed by atoms with E-state index in [0.29, 0.717) is 18.7 Å². The summed E-state index contributed by atoms with van der Waals surface area (Å²) >= 11 is 3.34. The highest BCUT2D eigenvalue weighted by molar-refractivity contribution is 9.10. The molecule has 8 heteroatoms. The van der Waals surface area contributed by atoms with Crippen molar-refractivity contribution >= 4 is 39.3 Å². The summed E-state index contributed by atoms with van der Waals surface area (Å²) in [4.78, 5) is 38.3. The van der Waals surface area contributed by atoms with E-state index >= 15 is 0 Å². The number of hydrogen-bond acceptors (Lipinski definition) is 4. The summed E-state index contributed by atoms with van der Waals surface area (Å²) in [6, 6.07) is 14.7. The van der Waals surface area contributed by atoms with Gasteiger partial charge in [0.2, 0.25) is 11.8 Å². The Morgan fingerprint density at radius 3 is 2.58 bits per heavy atom. The number of para-hydroxylation sites is 1. The van der Waals surface area contributed by atoms with Crippen molar-refractivity contribution < 1.29 is 14.4 Å². The van der Waals surface area contributed by atoms with Gasteiger partial charge in [0.15, 0.2) is 0 Å². The van der Waals surface area contributed by atoms with Crippen molar-refractivity contribution in [1.29, 1.82) is 0 Å². The number of carbonyl (C=O) groups is 3. The molecule has 0 saturated carbocycles. The second kappa shape index (κ2) is 11.1. The summed E-state index contributed by atoms with van der Waals surface area (Å²) < 4.78 is 0.900. The number of likely N-dealkylation sites (tertiary alicyclic amines) is 1. The zero-order valence-corrected chi connectivity index (χ0v) is 18.9. The van der Waals surface area contributed by atoms with E-state index in [0.717, 1.165) is 35.1 Å². The zero-order chi connectivity index (χ0) is 22.2. The van der Waals surface area contributed by atoms with Gasteiger partial charge in [0, 0.05) is 41.8 Å². The van der Waals surface area contributed by atoms with Crippen LogP contribution in [0.15, 0.2) is 53.0 Å². The third-order valence-electron chi connectivity index (χ3n) is 5.34. The van der Waals surface area contributed by atoms with Gasteiger partial charge in [-0.25, -0.2) is 0 Å². The van der Waals surface area contributed by atoms with Crippen LogP contribution in [0.2, 0.25) is 0 Å². The van der Waals surface area contributed by atoms with Crippen molar-refractivity contribution in [2.45, 2.75) is 25.8 Å². The highest BCUT2D eigenvalue weighted by Crippen LogP contribution is 2.22. The van der Waals surface area contributed by atoms with Crippen LogP contribution in [-0.2, 0) is 16.1 Å². The lowest BCUT2D eigenvalue weighted by Crippen LogP contribution is -2.40. The molecule has 1 fully saturated rings. The second-order valence-corrected chi connectivity index (χ2v) is 8.61. The molecule has 0 spiro atoms. The maximum absolute atomic E-state index is 12.4. The zero-order valence-electron chi connectivity index (χ0n) is 17.3. The molecule has 3 amide bonds. The lowest BCUT2D eigenvalue weighted by atomic mass is 9.97. The van der Waals surface area contributed by atoms with Gasteiger partial charge < -0.3 is 16.4 Å². The first kappa shape index (κ1) is 23.0. The molecule has 7 nitrogen and oxygen atoms in total. The van der Waals surface area contributed by atoms with Crippen LogP contribution < -0.4 is 16.4 Å². The maximum Gasteiger partial charge on any atom is 0.251 e. The van der Waals surface area contributed by atoms with E-state index in [-0.39, 0.29) is 36.6 Å². The standard InChI is InChI=1S/C23H27BrN4O3/c24-19-9-7-16(8-10-19)23(31)26-12-11-21(29)27-20-6-2-1-4-17(20)14-28-13-3-5-18(15-28)22(25)30/h1-2,4,6-10,18H,3,5,11-15H2,(H2,25,30)(H,26,31)(H,27,29). The van der Waals surface area contributed by atoms with Crippen molar-refractivity contribution in [2.75, 3.05) is 25.0 Å². The lowest BCUT2D eigenvalue weighted by Gasteiger charge is -2.31. The molecular formula is C23H27BrN4O3. The van der Waals surface area contributed by atoms with Crippen molar-refractivity contribution in [3.63, 3.8) is 0 Å². The highest BCUT2D eigenvalue weighted by atomic mass is 79.9. The molecule has 1 aliphatic rings. The number of benzene rings is 2. The lowest BCUT2D eigenvalue weighted by molar-refractivity contribution is -0.123. The first-order chi connectivity index (χ1) is 14.9. The topological polar surface area (TPSA) is 105 Å². The summed E-state index contributed by atoms with van der Waals surface area (Å²) in [5.74, 6) is -0.756. The summed E-state index contributed by atoms with van der Waals surface area (Å²) in [5.41, 5.74) is 7.75. The molecule has 164 valence electrons. The van der Waals surface area contributed by atoms with Crippen LogP contribution in [0.25, 0.3) is 0 Å². The molecule has 0 bridgehead atoms. The number of nitrogens with two attached hydrogens (primary N) is 1. The third kappa shape index (κ3) is 6.90. The summed E-state index contributed by atoms with van der Waals surface area (Å²) in [6.07, 6.45) is 1.93. The fourth-order valence-electron chi connectivity index (χ4n) is 3.66. The Morgan fingerprint density at radius 2 is 1.84 bits per heavy atom. The van der Waals surface area contributed by atoms with Crippen LogP contribution in [0.4, 0.5) is 5.69 Å². The summed E-state index contributed by atoms with van der Waals surface area (Å²) in [5, 5.41) is 5.70. The van der Waals surface area contributed by atoms with Crippen LogP contribution in [0, 0.1) is 5.92 Å². The Hall–Kier alpha value is -2.71. The molecule has 4 N–H and O–H groups in total. The van der Waals surface area contributed by atoms with Gasteiger partial charge in [0.1, 0.15) is 0 Å². The molecule has 1 atom stereocenters. The predicted octanol–water partition coefficient (Wildman–Crippen LogP) is 2.91. The van der Waals surface area contributed by atoms with E-state index in [2.05, 4.69) is 31.5 Å². The first-order valence-electron chi connectivity index (χ1n) is 10.4. The summed E-state index contributed by atoms with van der Waals surface area (Å²) in [7, 11) is 0. The number of nitrogens with zero attached hydrogens (tertiary/aromatic N) is 1. The van der Waals surface area contributed by atoms with Gasteiger partial charge in [-0.15, -0.1) is 0 Å². The van der Waals surface area contributed by atoms with Gasteiger partial charge in [-0.05, 0) is 55.3 Å². The van der Waals surface area contributed by atoms with E-state index in [4.69, 9.17) is 5.73 Å². The van der Waals surface area contributed by atoms with Gasteiger partial charge in [-0.3, -0.25) is 19.3 Å². The van der Waals surface area contributed by atoms with E-state index in [1.54, 1.807) is 24.3 Å². The second-order valence-electron chi connectivity index (χ2n) is 7.69. The van der Waals surface area contributed by atoms with Crippen LogP contribution in [0.3, 0.4) is 0 Å². The Kier molecular flexibility index (Phi) is 8.20. The quantitative estimate of drug-likeness (QED) is 0.533. The molecule has 0 radical (unpaired) electrons. The Labute approximate surface area is 190 Å². The molecular weight excluding hydrogens is 460 g/mol. The number of amides is 3. The number of halogens is 1. The summed E-state index contributed by atoms with van der Waals surface area (Å²) in [6.45, 7) is 2.42. The van der Waals surface area contributed by atoms with Crippen molar-refractivity contribution in [3.8, 4) is 0 Å². The Bertz CT molecular complexity index is 933. The molecule has 1 aliphatic heterocycles. The number of piperidine rings is 1. The number of primary amides is 1. The van der Waals surface area contributed by atoms with Crippen LogP contribution in [-0.4, -0.2) is 42.3 Å². The molecule has 0 aromatic heterocycles. The largest absolute Gasteiger partial charge is 0.369 e. The normalized spacial score (nSPS) is 16.5. The number of rotatable bonds is 8. The van der Waals surface area contributed by atoms with Gasteiger partial charge >= 0.3 is 0 Å². The van der Waals surface area contributed by atoms with Crippen molar-refractivity contribution in [1.82, 2.24) is 10.2 Å². The van der Waals surface area contributed by atoms with E-state index in [9.17, 15) is 14.4 Å². The molecule has 31 heavy (non-hydrogen) atoms. The number of nitrogens with one attached hydrogen (secondary N) is 2. The molecule has 2 aromatic rings. The Balaban J connectivity index is 1.50. The van der Waals surface area contributed by atoms with E-state index in [1.165, 1.54) is 0 Å². The van der Waals surface area contributed by atoms with E-state index in [1.807, 2.05) is 24.3 Å². The fourth-order valence-corrected chi connectivity index (χ4v) is 3.92. The smallest absolute Gasteiger partial charge is 0.251 e. The van der Waals surface area contributed by atoms with Crippen LogP contribution in [0.5, 0.6) is 0 Å². The molecule has 1 heterocycles. The minimum atomic E-state index is -0.253. The number of anilines is 1. The van der Waals surface area contributed by atoms with Gasteiger partial charge in [0.25, 0.3) is 5.91 Å². The maximum atomic E-state index is 12.4.